The van der Waals surface area contributed by atoms with Gasteiger partial charge in [-0.15, -0.1) is 0 Å². The van der Waals surface area contributed by atoms with E-state index >= 15 is 0 Å². The topological polar surface area (TPSA) is 84.2 Å². The normalized spacial score (nSPS) is 19.1. The summed E-state index contributed by atoms with van der Waals surface area (Å²) in [7, 11) is 0. The van der Waals surface area contributed by atoms with Crippen LogP contribution in [0.25, 0.3) is 11.0 Å². The SMILES string of the molecule is CCOC(=O)[C@H]1Oc2c(c(=O)oc3ccccc23)[C@H]1c1cc(Cl)c2c(c1)OCO2. The van der Waals surface area contributed by atoms with E-state index in [-0.39, 0.29) is 19.0 Å². The number of halogens is 1. The third-order valence-corrected chi connectivity index (χ3v) is 5.27. The van der Waals surface area contributed by atoms with E-state index in [1.54, 1.807) is 43.3 Å². The highest BCUT2D eigenvalue weighted by Gasteiger charge is 2.45. The Morgan fingerprint density at radius 2 is 2.03 bits per heavy atom. The van der Waals surface area contributed by atoms with Crippen molar-refractivity contribution < 1.29 is 28.2 Å². The van der Waals surface area contributed by atoms with Crippen LogP contribution >= 0.6 is 11.6 Å². The van der Waals surface area contributed by atoms with Gasteiger partial charge in [-0.25, -0.2) is 9.59 Å². The van der Waals surface area contributed by atoms with Crippen LogP contribution in [0.3, 0.4) is 0 Å². The number of para-hydroxylation sites is 1. The van der Waals surface area contributed by atoms with Crippen LogP contribution in [-0.2, 0) is 9.53 Å². The summed E-state index contributed by atoms with van der Waals surface area (Å²) >= 11 is 6.34. The number of hydrogen-bond acceptors (Lipinski definition) is 7. The van der Waals surface area contributed by atoms with Crippen LogP contribution in [0, 0.1) is 0 Å². The summed E-state index contributed by atoms with van der Waals surface area (Å²) in [5.41, 5.74) is 0.614. The Labute approximate surface area is 169 Å². The lowest BCUT2D eigenvalue weighted by atomic mass is 9.88. The lowest BCUT2D eigenvalue weighted by molar-refractivity contribution is -0.151. The molecule has 148 valence electrons. The fourth-order valence-electron chi connectivity index (χ4n) is 3.79. The van der Waals surface area contributed by atoms with Crippen LogP contribution in [0.4, 0.5) is 0 Å². The second-order valence-corrected chi connectivity index (χ2v) is 7.04. The maximum Gasteiger partial charge on any atom is 0.348 e. The van der Waals surface area contributed by atoms with Crippen molar-refractivity contribution in [3.05, 3.63) is 63.0 Å². The Kier molecular flexibility index (Phi) is 4.13. The van der Waals surface area contributed by atoms with Gasteiger partial charge in [0.1, 0.15) is 11.3 Å². The molecule has 3 aromatic rings. The molecule has 7 nitrogen and oxygen atoms in total. The quantitative estimate of drug-likeness (QED) is 0.478. The summed E-state index contributed by atoms with van der Waals surface area (Å²) in [5.74, 6) is -0.168. The molecule has 2 aromatic carbocycles. The molecule has 3 heterocycles. The van der Waals surface area contributed by atoms with Gasteiger partial charge in [0.2, 0.25) is 12.9 Å². The van der Waals surface area contributed by atoms with Gasteiger partial charge in [0.15, 0.2) is 11.5 Å². The minimum absolute atomic E-state index is 0.0460. The van der Waals surface area contributed by atoms with Crippen LogP contribution in [-0.4, -0.2) is 25.5 Å². The van der Waals surface area contributed by atoms with E-state index in [0.717, 1.165) is 0 Å². The molecule has 5 rings (SSSR count). The van der Waals surface area contributed by atoms with E-state index < -0.39 is 23.6 Å². The van der Waals surface area contributed by atoms with E-state index in [1.807, 2.05) is 0 Å². The van der Waals surface area contributed by atoms with Gasteiger partial charge >= 0.3 is 11.6 Å². The lowest BCUT2D eigenvalue weighted by Crippen LogP contribution is -2.32. The first-order valence-corrected chi connectivity index (χ1v) is 9.44. The first-order valence-electron chi connectivity index (χ1n) is 9.06. The molecule has 0 N–H and O–H groups in total. The number of benzene rings is 2. The molecule has 1 aromatic heterocycles. The van der Waals surface area contributed by atoms with E-state index in [0.29, 0.717) is 38.8 Å². The maximum absolute atomic E-state index is 12.9. The summed E-state index contributed by atoms with van der Waals surface area (Å²) in [4.78, 5) is 25.6. The van der Waals surface area contributed by atoms with Gasteiger partial charge in [-0.1, -0.05) is 23.7 Å². The minimum atomic E-state index is -1.06. The van der Waals surface area contributed by atoms with Gasteiger partial charge in [-0.05, 0) is 36.8 Å². The predicted molar refractivity (Wildman–Crippen MR) is 103 cm³/mol. The fourth-order valence-corrected chi connectivity index (χ4v) is 4.07. The molecule has 0 unspecified atom stereocenters. The van der Waals surface area contributed by atoms with Gasteiger partial charge < -0.3 is 23.4 Å². The van der Waals surface area contributed by atoms with Crippen LogP contribution in [0.1, 0.15) is 24.0 Å². The van der Waals surface area contributed by atoms with Crippen molar-refractivity contribution >= 4 is 28.5 Å². The zero-order valence-corrected chi connectivity index (χ0v) is 16.0. The van der Waals surface area contributed by atoms with Crippen molar-refractivity contribution in [2.24, 2.45) is 0 Å². The molecular weight excluding hydrogens is 400 g/mol. The number of carbonyl (C=O) groups is 1. The van der Waals surface area contributed by atoms with E-state index in [1.165, 1.54) is 0 Å². The second kappa shape index (κ2) is 6.70. The summed E-state index contributed by atoms with van der Waals surface area (Å²) < 4.78 is 27.5. The minimum Gasteiger partial charge on any atom is -0.476 e. The Morgan fingerprint density at radius 3 is 2.86 bits per heavy atom. The van der Waals surface area contributed by atoms with Crippen LogP contribution in [0.2, 0.25) is 5.02 Å². The van der Waals surface area contributed by atoms with Crippen LogP contribution < -0.4 is 19.8 Å². The zero-order valence-electron chi connectivity index (χ0n) is 15.3. The molecule has 8 heteroatoms. The Bertz CT molecular complexity index is 1200. The molecular formula is C21H15ClO7. The third kappa shape index (κ3) is 2.73. The molecule has 0 aliphatic carbocycles. The third-order valence-electron chi connectivity index (χ3n) is 4.99. The van der Waals surface area contributed by atoms with Crippen molar-refractivity contribution in [3.63, 3.8) is 0 Å². The second-order valence-electron chi connectivity index (χ2n) is 6.63. The van der Waals surface area contributed by atoms with Crippen molar-refractivity contribution in [3.8, 4) is 17.2 Å². The van der Waals surface area contributed by atoms with Gasteiger partial charge in [-0.2, -0.15) is 0 Å². The number of ether oxygens (including phenoxy) is 4. The van der Waals surface area contributed by atoms with Crippen molar-refractivity contribution in [2.45, 2.75) is 18.9 Å². The van der Waals surface area contributed by atoms with Crippen LogP contribution in [0.15, 0.2) is 45.6 Å². The Balaban J connectivity index is 1.74. The molecule has 0 radical (unpaired) electrons. The smallest absolute Gasteiger partial charge is 0.348 e. The molecule has 2 aliphatic rings. The molecule has 0 spiro atoms. The van der Waals surface area contributed by atoms with Gasteiger partial charge in [0.05, 0.1) is 28.5 Å². The number of esters is 1. The molecule has 0 fully saturated rings. The predicted octanol–water partition coefficient (Wildman–Crippen LogP) is 3.63. The Hall–Kier alpha value is -3.19. The maximum atomic E-state index is 12.9. The highest BCUT2D eigenvalue weighted by atomic mass is 35.5. The number of hydrogen-bond donors (Lipinski definition) is 0. The highest BCUT2D eigenvalue weighted by molar-refractivity contribution is 6.32. The standard InChI is InChI=1S/C21H15ClO7/c1-2-25-21(24)19-15(10-7-12(22)18-14(8-10)26-9-27-18)16-17(29-19)11-5-3-4-6-13(11)28-20(16)23/h3-8,15,19H,2,9H2,1H3/t15-,19+/m1/s1. The average molecular weight is 415 g/mol. The van der Waals surface area contributed by atoms with Crippen LogP contribution in [0.5, 0.6) is 17.2 Å². The molecule has 0 bridgehead atoms. The largest absolute Gasteiger partial charge is 0.476 e. The average Bonchev–Trinajstić information content (AvgIpc) is 3.33. The number of carbonyl (C=O) groups excluding carboxylic acids is 1. The van der Waals surface area contributed by atoms with Gasteiger partial charge in [-0.3, -0.25) is 0 Å². The van der Waals surface area contributed by atoms with E-state index in [9.17, 15) is 9.59 Å². The molecule has 0 amide bonds. The molecule has 29 heavy (non-hydrogen) atoms. The van der Waals surface area contributed by atoms with Crippen molar-refractivity contribution in [1.29, 1.82) is 0 Å². The monoisotopic (exact) mass is 414 g/mol. The lowest BCUT2D eigenvalue weighted by Gasteiger charge is -2.18. The summed E-state index contributed by atoms with van der Waals surface area (Å²) in [6.07, 6.45) is -1.06. The van der Waals surface area contributed by atoms with Crippen molar-refractivity contribution in [1.82, 2.24) is 0 Å². The molecule has 0 saturated heterocycles. The number of rotatable bonds is 3. The summed E-state index contributed by atoms with van der Waals surface area (Å²) in [6.45, 7) is 1.93. The highest BCUT2D eigenvalue weighted by Crippen LogP contribution is 2.48. The molecule has 2 atom stereocenters. The van der Waals surface area contributed by atoms with E-state index in [4.69, 9.17) is 35.0 Å². The Morgan fingerprint density at radius 1 is 1.21 bits per heavy atom. The van der Waals surface area contributed by atoms with E-state index in [2.05, 4.69) is 0 Å². The molecule has 2 aliphatic heterocycles. The van der Waals surface area contributed by atoms with Gasteiger partial charge in [0, 0.05) is 0 Å². The first kappa shape index (κ1) is 17.9. The fraction of sp³-hybridized carbons (Fsp3) is 0.238. The molecule has 0 saturated carbocycles. The number of fused-ring (bicyclic) bond motifs is 4. The summed E-state index contributed by atoms with van der Waals surface area (Å²) in [6, 6.07) is 10.3. The first-order chi connectivity index (χ1) is 14.1. The zero-order chi connectivity index (χ0) is 20.1. The van der Waals surface area contributed by atoms with Gasteiger partial charge in [0.25, 0.3) is 0 Å². The van der Waals surface area contributed by atoms with Crippen molar-refractivity contribution in [2.75, 3.05) is 13.4 Å². The summed E-state index contributed by atoms with van der Waals surface area (Å²) in [5, 5.41) is 0.918.